The standard InChI is InChI=1S/C22H24N4O3/c27-20(24-17-10-5-7-15-6-1-2-8-16(15)17)12-13-23-22(29)26-14-21(28)25-18-9-3-4-11-19(18)26/h1-4,6,8-9,11,17H,5,7,10,12-14H2,(H,23,29)(H,24,27)(H,25,28)/t17-/m0/s1. The van der Waals surface area contributed by atoms with Crippen molar-refractivity contribution in [2.75, 3.05) is 23.3 Å². The minimum Gasteiger partial charge on any atom is -0.349 e. The Morgan fingerprint density at radius 2 is 1.90 bits per heavy atom. The maximum atomic E-state index is 12.5. The van der Waals surface area contributed by atoms with Crippen molar-refractivity contribution in [1.29, 1.82) is 0 Å². The first-order valence-corrected chi connectivity index (χ1v) is 9.93. The second-order valence-electron chi connectivity index (χ2n) is 7.34. The predicted molar refractivity (Wildman–Crippen MR) is 111 cm³/mol. The average Bonchev–Trinajstić information content (AvgIpc) is 2.73. The van der Waals surface area contributed by atoms with E-state index in [-0.39, 0.29) is 43.4 Å². The normalized spacial score (nSPS) is 17.6. The lowest BCUT2D eigenvalue weighted by molar-refractivity contribution is -0.121. The van der Waals surface area contributed by atoms with E-state index in [1.807, 2.05) is 18.2 Å². The zero-order valence-corrected chi connectivity index (χ0v) is 16.1. The maximum absolute atomic E-state index is 12.5. The molecule has 3 N–H and O–H groups in total. The zero-order chi connectivity index (χ0) is 20.2. The fraction of sp³-hybridized carbons (Fsp3) is 0.318. The molecule has 1 aliphatic heterocycles. The molecule has 0 saturated carbocycles. The van der Waals surface area contributed by atoms with E-state index in [0.717, 1.165) is 19.3 Å². The van der Waals surface area contributed by atoms with Crippen LogP contribution in [0.15, 0.2) is 48.5 Å². The number of hydrogen-bond donors (Lipinski definition) is 3. The molecule has 4 amide bonds. The Bertz CT molecular complexity index is 943. The largest absolute Gasteiger partial charge is 0.349 e. The van der Waals surface area contributed by atoms with Gasteiger partial charge >= 0.3 is 6.03 Å². The molecule has 2 aromatic carbocycles. The first kappa shape index (κ1) is 19.0. The van der Waals surface area contributed by atoms with Gasteiger partial charge in [0, 0.05) is 13.0 Å². The number of rotatable bonds is 4. The van der Waals surface area contributed by atoms with Gasteiger partial charge in [-0.3, -0.25) is 14.5 Å². The van der Waals surface area contributed by atoms with Gasteiger partial charge in [-0.1, -0.05) is 36.4 Å². The minimum absolute atomic E-state index is 0.0285. The van der Waals surface area contributed by atoms with Gasteiger partial charge in [0.1, 0.15) is 6.54 Å². The quantitative estimate of drug-likeness (QED) is 0.747. The Morgan fingerprint density at radius 1 is 1.10 bits per heavy atom. The van der Waals surface area contributed by atoms with E-state index < -0.39 is 0 Å². The molecule has 4 rings (SSSR count). The van der Waals surface area contributed by atoms with Gasteiger partial charge in [-0.15, -0.1) is 0 Å². The number of para-hydroxylation sites is 2. The summed E-state index contributed by atoms with van der Waals surface area (Å²) >= 11 is 0. The van der Waals surface area contributed by atoms with Gasteiger partial charge < -0.3 is 16.0 Å². The molecule has 7 heteroatoms. The molecule has 2 aliphatic rings. The first-order valence-electron chi connectivity index (χ1n) is 9.93. The minimum atomic E-state index is -0.386. The number of hydrogen-bond acceptors (Lipinski definition) is 3. The fourth-order valence-electron chi connectivity index (χ4n) is 3.96. The molecular formula is C22H24N4O3. The topological polar surface area (TPSA) is 90.5 Å². The molecule has 2 aromatic rings. The van der Waals surface area contributed by atoms with Crippen LogP contribution in [0.2, 0.25) is 0 Å². The van der Waals surface area contributed by atoms with Crippen LogP contribution in [-0.4, -0.2) is 30.9 Å². The number of nitrogens with zero attached hydrogens (tertiary/aromatic N) is 1. The summed E-state index contributed by atoms with van der Waals surface area (Å²) in [5, 5.41) is 8.58. The lowest BCUT2D eigenvalue weighted by Gasteiger charge is -2.29. The maximum Gasteiger partial charge on any atom is 0.322 e. The van der Waals surface area contributed by atoms with Crippen LogP contribution in [0, 0.1) is 0 Å². The van der Waals surface area contributed by atoms with Crippen LogP contribution in [0.1, 0.15) is 36.4 Å². The van der Waals surface area contributed by atoms with Crippen LogP contribution in [0.25, 0.3) is 0 Å². The van der Waals surface area contributed by atoms with Gasteiger partial charge in [0.05, 0.1) is 17.4 Å². The van der Waals surface area contributed by atoms with E-state index in [2.05, 4.69) is 28.1 Å². The van der Waals surface area contributed by atoms with E-state index in [1.165, 1.54) is 16.0 Å². The van der Waals surface area contributed by atoms with Gasteiger partial charge in [0.2, 0.25) is 11.8 Å². The summed E-state index contributed by atoms with van der Waals surface area (Å²) in [4.78, 5) is 38.2. The molecule has 1 heterocycles. The number of aryl methyl sites for hydroxylation is 1. The summed E-state index contributed by atoms with van der Waals surface area (Å²) in [5.41, 5.74) is 3.73. The van der Waals surface area contributed by atoms with Crippen LogP contribution < -0.4 is 20.9 Å². The number of amides is 4. The molecule has 0 fully saturated rings. The number of benzene rings is 2. The third kappa shape index (κ3) is 4.23. The van der Waals surface area contributed by atoms with E-state index >= 15 is 0 Å². The molecule has 0 radical (unpaired) electrons. The Balaban J connectivity index is 1.30. The smallest absolute Gasteiger partial charge is 0.322 e. The number of nitrogens with one attached hydrogen (secondary N) is 3. The number of carbonyl (C=O) groups is 3. The zero-order valence-electron chi connectivity index (χ0n) is 16.1. The summed E-state index contributed by atoms with van der Waals surface area (Å²) in [6, 6.07) is 15.0. The second-order valence-corrected chi connectivity index (χ2v) is 7.34. The highest BCUT2D eigenvalue weighted by atomic mass is 16.2. The van der Waals surface area contributed by atoms with Crippen LogP contribution >= 0.6 is 0 Å². The third-order valence-electron chi connectivity index (χ3n) is 5.35. The molecule has 7 nitrogen and oxygen atoms in total. The van der Waals surface area contributed by atoms with Gasteiger partial charge in [0.15, 0.2) is 0 Å². The van der Waals surface area contributed by atoms with E-state index in [9.17, 15) is 14.4 Å². The second kappa shape index (κ2) is 8.34. The van der Waals surface area contributed by atoms with Gasteiger partial charge in [-0.2, -0.15) is 0 Å². The monoisotopic (exact) mass is 392 g/mol. The van der Waals surface area contributed by atoms with Crippen LogP contribution in [0.3, 0.4) is 0 Å². The van der Waals surface area contributed by atoms with E-state index in [0.29, 0.717) is 11.4 Å². The van der Waals surface area contributed by atoms with Crippen LogP contribution in [0.5, 0.6) is 0 Å². The number of urea groups is 1. The van der Waals surface area contributed by atoms with Crippen LogP contribution in [-0.2, 0) is 16.0 Å². The van der Waals surface area contributed by atoms with E-state index in [4.69, 9.17) is 0 Å². The predicted octanol–water partition coefficient (Wildman–Crippen LogP) is 2.74. The van der Waals surface area contributed by atoms with Crippen molar-refractivity contribution in [3.05, 3.63) is 59.7 Å². The van der Waals surface area contributed by atoms with Crippen molar-refractivity contribution >= 4 is 29.2 Å². The Morgan fingerprint density at radius 3 is 2.79 bits per heavy atom. The van der Waals surface area contributed by atoms with E-state index in [1.54, 1.807) is 18.2 Å². The first-order chi connectivity index (χ1) is 14.1. The summed E-state index contributed by atoms with van der Waals surface area (Å²) < 4.78 is 0. The Labute approximate surface area is 169 Å². The summed E-state index contributed by atoms with van der Waals surface area (Å²) in [5.74, 6) is -0.337. The van der Waals surface area contributed by atoms with Crippen molar-refractivity contribution < 1.29 is 14.4 Å². The fourth-order valence-corrected chi connectivity index (χ4v) is 3.96. The van der Waals surface area contributed by atoms with Crippen molar-refractivity contribution in [1.82, 2.24) is 10.6 Å². The van der Waals surface area contributed by atoms with Gasteiger partial charge in [-0.05, 0) is 42.5 Å². The third-order valence-corrected chi connectivity index (χ3v) is 5.35. The Hall–Kier alpha value is -3.35. The molecule has 0 unspecified atom stereocenters. The van der Waals surface area contributed by atoms with Gasteiger partial charge in [0.25, 0.3) is 0 Å². The molecular weight excluding hydrogens is 368 g/mol. The van der Waals surface area contributed by atoms with Crippen molar-refractivity contribution in [3.63, 3.8) is 0 Å². The number of anilines is 2. The Kier molecular flexibility index (Phi) is 5.46. The van der Waals surface area contributed by atoms with Crippen molar-refractivity contribution in [2.24, 2.45) is 0 Å². The summed E-state index contributed by atoms with van der Waals surface area (Å²) in [6.45, 7) is 0.160. The number of fused-ring (bicyclic) bond motifs is 2. The van der Waals surface area contributed by atoms with Crippen molar-refractivity contribution in [3.8, 4) is 0 Å². The molecule has 0 spiro atoms. The SMILES string of the molecule is O=C1CN(C(=O)NCCC(=O)N[C@H]2CCCc3ccccc32)c2ccccc2N1. The molecule has 0 saturated heterocycles. The number of carbonyl (C=O) groups excluding carboxylic acids is 3. The highest BCUT2D eigenvalue weighted by Crippen LogP contribution is 2.30. The molecule has 1 aliphatic carbocycles. The molecule has 29 heavy (non-hydrogen) atoms. The molecule has 0 aromatic heterocycles. The average molecular weight is 392 g/mol. The van der Waals surface area contributed by atoms with Crippen LogP contribution in [0.4, 0.5) is 16.2 Å². The summed E-state index contributed by atoms with van der Waals surface area (Å²) in [7, 11) is 0. The highest BCUT2D eigenvalue weighted by molar-refractivity contribution is 6.09. The molecule has 1 atom stereocenters. The highest BCUT2D eigenvalue weighted by Gasteiger charge is 2.26. The van der Waals surface area contributed by atoms with Crippen molar-refractivity contribution in [2.45, 2.75) is 31.7 Å². The lowest BCUT2D eigenvalue weighted by Crippen LogP contribution is -2.47. The lowest BCUT2D eigenvalue weighted by atomic mass is 9.88. The summed E-state index contributed by atoms with van der Waals surface area (Å²) in [6.07, 6.45) is 3.21. The van der Waals surface area contributed by atoms with Gasteiger partial charge in [-0.25, -0.2) is 4.79 Å². The molecule has 0 bridgehead atoms. The molecule has 150 valence electrons.